The van der Waals surface area contributed by atoms with Crippen LogP contribution in [0.3, 0.4) is 0 Å². The summed E-state index contributed by atoms with van der Waals surface area (Å²) in [4.78, 5) is 20.4. The third-order valence-corrected chi connectivity index (χ3v) is 5.20. The molecule has 1 amide bonds. The van der Waals surface area contributed by atoms with E-state index in [1.54, 1.807) is 24.0 Å². The first-order chi connectivity index (χ1) is 11.1. The molecule has 1 aliphatic carbocycles. The molecule has 5 nitrogen and oxygen atoms in total. The van der Waals surface area contributed by atoms with E-state index < -0.39 is 0 Å². The maximum Gasteiger partial charge on any atom is 0.220 e. The number of thioether (sulfide) groups is 1. The van der Waals surface area contributed by atoms with Gasteiger partial charge >= 0.3 is 0 Å². The summed E-state index contributed by atoms with van der Waals surface area (Å²) in [6, 6.07) is 5.89. The summed E-state index contributed by atoms with van der Waals surface area (Å²) in [6.07, 6.45) is 7.38. The smallest absolute Gasteiger partial charge is 0.220 e. The highest BCUT2D eigenvalue weighted by molar-refractivity contribution is 7.98. The molecule has 2 aromatic heterocycles. The van der Waals surface area contributed by atoms with Gasteiger partial charge in [-0.2, -0.15) is 5.26 Å². The van der Waals surface area contributed by atoms with Crippen LogP contribution in [0.15, 0.2) is 23.4 Å². The van der Waals surface area contributed by atoms with Crippen molar-refractivity contribution in [1.29, 1.82) is 5.26 Å². The standard InChI is InChI=1S/C17H18N4OS/c1-23-17-14-7-13(8-18)20-9-12(14)6-15(21-17)10-3-2-4-11(5-10)16(19)22/h6-7,9-11H,2-5H2,1H3,(H2,19,22). The molecule has 2 unspecified atom stereocenters. The second kappa shape index (κ2) is 6.55. The number of amides is 1. The lowest BCUT2D eigenvalue weighted by Crippen LogP contribution is -2.28. The number of carbonyl (C=O) groups excluding carboxylic acids is 1. The first-order valence-corrected chi connectivity index (χ1v) is 8.89. The molecule has 0 aromatic carbocycles. The van der Waals surface area contributed by atoms with Gasteiger partial charge in [-0.25, -0.2) is 9.97 Å². The molecular weight excluding hydrogens is 308 g/mol. The number of pyridine rings is 2. The van der Waals surface area contributed by atoms with Gasteiger partial charge in [0.15, 0.2) is 0 Å². The number of rotatable bonds is 3. The van der Waals surface area contributed by atoms with Crippen molar-refractivity contribution in [3.63, 3.8) is 0 Å². The number of fused-ring (bicyclic) bond motifs is 1. The van der Waals surface area contributed by atoms with Crippen LogP contribution in [-0.4, -0.2) is 22.1 Å². The van der Waals surface area contributed by atoms with E-state index in [4.69, 9.17) is 16.0 Å². The van der Waals surface area contributed by atoms with Gasteiger partial charge in [0.1, 0.15) is 16.8 Å². The molecule has 0 bridgehead atoms. The largest absolute Gasteiger partial charge is 0.369 e. The van der Waals surface area contributed by atoms with Gasteiger partial charge in [0.25, 0.3) is 0 Å². The van der Waals surface area contributed by atoms with Crippen molar-refractivity contribution in [3.05, 3.63) is 29.7 Å². The highest BCUT2D eigenvalue weighted by Crippen LogP contribution is 2.37. The molecule has 1 fully saturated rings. The third-order valence-electron chi connectivity index (χ3n) is 4.50. The lowest BCUT2D eigenvalue weighted by molar-refractivity contribution is -0.122. The summed E-state index contributed by atoms with van der Waals surface area (Å²) in [6.45, 7) is 0. The van der Waals surface area contributed by atoms with Gasteiger partial charge in [0.2, 0.25) is 5.91 Å². The average molecular weight is 326 g/mol. The Bertz CT molecular complexity index is 799. The van der Waals surface area contributed by atoms with Crippen molar-refractivity contribution < 1.29 is 4.79 Å². The number of carbonyl (C=O) groups is 1. The van der Waals surface area contributed by atoms with Crippen LogP contribution in [0.2, 0.25) is 0 Å². The van der Waals surface area contributed by atoms with E-state index >= 15 is 0 Å². The van der Waals surface area contributed by atoms with E-state index in [0.717, 1.165) is 47.2 Å². The van der Waals surface area contributed by atoms with E-state index in [2.05, 4.69) is 11.1 Å². The fraction of sp³-hybridized carbons (Fsp3) is 0.412. The number of primary amides is 1. The Morgan fingerprint density at radius 3 is 2.96 bits per heavy atom. The Morgan fingerprint density at radius 1 is 1.43 bits per heavy atom. The van der Waals surface area contributed by atoms with E-state index in [0.29, 0.717) is 5.69 Å². The first kappa shape index (κ1) is 15.8. The fourth-order valence-corrected chi connectivity index (χ4v) is 3.87. The predicted octanol–water partition coefficient (Wildman–Crippen LogP) is 2.98. The van der Waals surface area contributed by atoms with Gasteiger partial charge in [-0.3, -0.25) is 4.79 Å². The highest BCUT2D eigenvalue weighted by atomic mass is 32.2. The normalized spacial score (nSPS) is 21.0. The quantitative estimate of drug-likeness (QED) is 0.875. The van der Waals surface area contributed by atoms with Gasteiger partial charge in [-0.1, -0.05) is 6.42 Å². The second-order valence-electron chi connectivity index (χ2n) is 5.92. The van der Waals surface area contributed by atoms with Crippen molar-refractivity contribution in [2.45, 2.75) is 36.6 Å². The monoisotopic (exact) mass is 326 g/mol. The van der Waals surface area contributed by atoms with Crippen LogP contribution < -0.4 is 5.73 Å². The number of nitrogens with two attached hydrogens (primary N) is 1. The molecule has 2 heterocycles. The summed E-state index contributed by atoms with van der Waals surface area (Å²) in [5.74, 6) is -0.00355. The summed E-state index contributed by atoms with van der Waals surface area (Å²) in [7, 11) is 0. The minimum absolute atomic E-state index is 0.0527. The highest BCUT2D eigenvalue weighted by Gasteiger charge is 2.28. The van der Waals surface area contributed by atoms with Gasteiger partial charge < -0.3 is 5.73 Å². The number of aromatic nitrogens is 2. The Labute approximate surface area is 139 Å². The third kappa shape index (κ3) is 3.15. The molecule has 0 spiro atoms. The van der Waals surface area contributed by atoms with Crippen LogP contribution in [0.5, 0.6) is 0 Å². The van der Waals surface area contributed by atoms with Crippen molar-refractivity contribution in [3.8, 4) is 6.07 Å². The summed E-state index contributed by atoms with van der Waals surface area (Å²) < 4.78 is 0. The number of nitriles is 1. The fourth-order valence-electron chi connectivity index (χ4n) is 3.28. The predicted molar refractivity (Wildman–Crippen MR) is 89.9 cm³/mol. The Balaban J connectivity index is 2.02. The van der Waals surface area contributed by atoms with E-state index in [9.17, 15) is 4.79 Å². The topological polar surface area (TPSA) is 92.7 Å². The Morgan fingerprint density at radius 2 is 2.26 bits per heavy atom. The van der Waals surface area contributed by atoms with Crippen LogP contribution in [0.25, 0.3) is 10.8 Å². The summed E-state index contributed by atoms with van der Waals surface area (Å²) >= 11 is 1.56. The molecule has 6 heteroatoms. The maximum atomic E-state index is 11.5. The van der Waals surface area contributed by atoms with Crippen LogP contribution in [-0.2, 0) is 4.79 Å². The van der Waals surface area contributed by atoms with Gasteiger partial charge in [0.05, 0.1) is 0 Å². The first-order valence-electron chi connectivity index (χ1n) is 7.66. The van der Waals surface area contributed by atoms with Gasteiger partial charge in [-0.15, -0.1) is 11.8 Å². The Hall–Kier alpha value is -2.13. The minimum atomic E-state index is -0.207. The van der Waals surface area contributed by atoms with Crippen LogP contribution >= 0.6 is 11.8 Å². The second-order valence-corrected chi connectivity index (χ2v) is 6.72. The summed E-state index contributed by atoms with van der Waals surface area (Å²) in [5, 5.41) is 11.9. The van der Waals surface area contributed by atoms with E-state index in [1.165, 1.54) is 0 Å². The molecule has 2 atom stereocenters. The lowest BCUT2D eigenvalue weighted by Gasteiger charge is -2.27. The molecular formula is C17H18N4OS. The Kier molecular flexibility index (Phi) is 4.49. The van der Waals surface area contributed by atoms with Crippen molar-refractivity contribution in [1.82, 2.24) is 9.97 Å². The van der Waals surface area contributed by atoms with Crippen molar-refractivity contribution in [2.24, 2.45) is 11.7 Å². The zero-order valence-electron chi connectivity index (χ0n) is 13.0. The molecule has 2 aromatic rings. The van der Waals surface area contributed by atoms with Gasteiger partial charge in [0, 0.05) is 34.5 Å². The van der Waals surface area contributed by atoms with Crippen LogP contribution in [0.1, 0.15) is 43.0 Å². The van der Waals surface area contributed by atoms with Crippen molar-refractivity contribution in [2.75, 3.05) is 6.26 Å². The molecule has 118 valence electrons. The molecule has 3 rings (SSSR count). The number of nitrogens with zero attached hydrogens (tertiary/aromatic N) is 3. The number of hydrogen-bond acceptors (Lipinski definition) is 5. The van der Waals surface area contributed by atoms with Crippen LogP contribution in [0, 0.1) is 17.2 Å². The SMILES string of the molecule is CSc1nc(C2CCCC(C(N)=O)C2)cc2cnc(C#N)cc12. The van der Waals surface area contributed by atoms with Crippen molar-refractivity contribution >= 4 is 28.4 Å². The van der Waals surface area contributed by atoms with Crippen LogP contribution in [0.4, 0.5) is 0 Å². The maximum absolute atomic E-state index is 11.5. The molecule has 0 radical (unpaired) electrons. The molecule has 1 saturated carbocycles. The summed E-state index contributed by atoms with van der Waals surface area (Å²) in [5.41, 5.74) is 6.88. The zero-order chi connectivity index (χ0) is 16.4. The van der Waals surface area contributed by atoms with E-state index in [-0.39, 0.29) is 17.7 Å². The molecule has 0 aliphatic heterocycles. The molecule has 1 aliphatic rings. The zero-order valence-corrected chi connectivity index (χ0v) is 13.8. The minimum Gasteiger partial charge on any atom is -0.369 e. The number of hydrogen-bond donors (Lipinski definition) is 1. The van der Waals surface area contributed by atoms with E-state index in [1.807, 2.05) is 12.3 Å². The average Bonchev–Trinajstić information content (AvgIpc) is 2.60. The molecule has 0 saturated heterocycles. The van der Waals surface area contributed by atoms with Gasteiger partial charge in [-0.05, 0) is 37.7 Å². The lowest BCUT2D eigenvalue weighted by atomic mass is 9.79. The molecule has 23 heavy (non-hydrogen) atoms. The molecule has 2 N–H and O–H groups in total.